The first-order chi connectivity index (χ1) is 14.8. The van der Waals surface area contributed by atoms with Crippen LogP contribution in [0.25, 0.3) is 0 Å². The van der Waals surface area contributed by atoms with E-state index in [9.17, 15) is 24.3 Å². The third kappa shape index (κ3) is 3.87. The Morgan fingerprint density at radius 1 is 1.26 bits per heavy atom. The Labute approximate surface area is 185 Å². The topological polar surface area (TPSA) is 113 Å². The Morgan fingerprint density at radius 2 is 1.94 bits per heavy atom. The van der Waals surface area contributed by atoms with Gasteiger partial charge in [0.25, 0.3) is 0 Å². The fraction of sp³-hybridized carbons (Fsp3) is 0.455. The minimum absolute atomic E-state index is 0.118. The van der Waals surface area contributed by atoms with Gasteiger partial charge in [0.2, 0.25) is 11.8 Å². The number of carbonyl (C=O) groups is 4. The summed E-state index contributed by atoms with van der Waals surface area (Å²) in [5.41, 5.74) is -0.559. The highest BCUT2D eigenvalue weighted by Gasteiger charge is 2.67. The first kappa shape index (κ1) is 23.0. The Balaban J connectivity index is 2.06. The van der Waals surface area contributed by atoms with Gasteiger partial charge in [0.05, 0.1) is 24.5 Å². The summed E-state index contributed by atoms with van der Waals surface area (Å²) in [6.45, 7) is 1.91. The van der Waals surface area contributed by atoms with Gasteiger partial charge in [0, 0.05) is 12.6 Å². The van der Waals surface area contributed by atoms with E-state index in [1.165, 1.54) is 18.9 Å². The number of ether oxygens (including phenoxy) is 1. The van der Waals surface area contributed by atoms with Crippen LogP contribution < -0.4 is 5.32 Å². The number of fused-ring (bicyclic) bond motifs is 1. The number of esters is 1. The molecule has 2 fully saturated rings. The predicted octanol–water partition coefficient (Wildman–Crippen LogP) is 1.87. The van der Waals surface area contributed by atoms with Gasteiger partial charge in [-0.25, -0.2) is 4.79 Å². The standard InChI is InChI=1S/C22H26N2O6S/c1-4-5-11-24-18(25)15-16(19(24)26)22(21(28)29,10-12-31-3)23-17(15)13-6-8-14(9-7-13)20(27)30-2/h4-9,15-17,23H,10-12H2,1-3H3,(H,28,29). The van der Waals surface area contributed by atoms with Gasteiger partial charge in [-0.3, -0.25) is 24.6 Å². The summed E-state index contributed by atoms with van der Waals surface area (Å²) in [4.78, 5) is 51.9. The third-order valence-corrected chi connectivity index (χ3v) is 6.65. The van der Waals surface area contributed by atoms with Crippen LogP contribution in [0.5, 0.6) is 0 Å². The van der Waals surface area contributed by atoms with E-state index < -0.39 is 41.3 Å². The molecule has 2 aliphatic rings. The van der Waals surface area contributed by atoms with Crippen molar-refractivity contribution >= 4 is 35.5 Å². The zero-order valence-corrected chi connectivity index (χ0v) is 18.5. The number of amides is 2. The van der Waals surface area contributed by atoms with Gasteiger partial charge >= 0.3 is 11.9 Å². The number of hydrogen-bond acceptors (Lipinski definition) is 7. The lowest BCUT2D eigenvalue weighted by atomic mass is 9.78. The van der Waals surface area contributed by atoms with E-state index in [4.69, 9.17) is 4.74 Å². The number of nitrogens with one attached hydrogen (secondary N) is 1. The largest absolute Gasteiger partial charge is 0.480 e. The number of rotatable bonds is 8. The molecule has 9 heteroatoms. The third-order valence-electron chi connectivity index (χ3n) is 6.04. The molecule has 31 heavy (non-hydrogen) atoms. The molecule has 1 aromatic rings. The van der Waals surface area contributed by atoms with Crippen LogP contribution in [0.2, 0.25) is 0 Å². The minimum atomic E-state index is -1.54. The van der Waals surface area contributed by atoms with E-state index >= 15 is 0 Å². The van der Waals surface area contributed by atoms with Crippen LogP contribution in [-0.2, 0) is 19.1 Å². The number of carbonyl (C=O) groups excluding carboxylic acids is 3. The summed E-state index contributed by atoms with van der Waals surface area (Å²) >= 11 is 1.48. The van der Waals surface area contributed by atoms with E-state index in [1.54, 1.807) is 43.3 Å². The van der Waals surface area contributed by atoms with Gasteiger partial charge in [-0.2, -0.15) is 11.8 Å². The average Bonchev–Trinajstić information content (AvgIpc) is 3.25. The molecule has 8 nitrogen and oxygen atoms in total. The molecular formula is C22H26N2O6S. The van der Waals surface area contributed by atoms with E-state index in [2.05, 4.69) is 5.32 Å². The van der Waals surface area contributed by atoms with Crippen LogP contribution in [0, 0.1) is 11.8 Å². The Kier molecular flexibility index (Phi) is 6.86. The van der Waals surface area contributed by atoms with Gasteiger partial charge in [0.15, 0.2) is 0 Å². The second-order valence-corrected chi connectivity index (χ2v) is 8.60. The van der Waals surface area contributed by atoms with Crippen LogP contribution in [-0.4, -0.2) is 65.0 Å². The Bertz CT molecular complexity index is 915. The predicted molar refractivity (Wildman–Crippen MR) is 116 cm³/mol. The molecule has 1 aromatic carbocycles. The SMILES string of the molecule is CC=CCN1C(=O)C2C(c3ccc(C(=O)OC)cc3)NC(CCSC)(C(=O)O)C2C1=O. The maximum absolute atomic E-state index is 13.3. The molecular weight excluding hydrogens is 420 g/mol. The van der Waals surface area contributed by atoms with Crippen molar-refractivity contribution in [3.8, 4) is 0 Å². The van der Waals surface area contributed by atoms with Crippen molar-refractivity contribution in [3.63, 3.8) is 0 Å². The van der Waals surface area contributed by atoms with Crippen molar-refractivity contribution in [2.24, 2.45) is 11.8 Å². The van der Waals surface area contributed by atoms with E-state index in [0.29, 0.717) is 16.9 Å². The van der Waals surface area contributed by atoms with Gasteiger partial charge in [-0.1, -0.05) is 24.3 Å². The van der Waals surface area contributed by atoms with Crippen LogP contribution in [0.15, 0.2) is 36.4 Å². The average molecular weight is 447 g/mol. The van der Waals surface area contributed by atoms with E-state index in [1.807, 2.05) is 6.26 Å². The number of methoxy groups -OCH3 is 1. The number of benzene rings is 1. The van der Waals surface area contributed by atoms with Crippen LogP contribution in [0.3, 0.4) is 0 Å². The molecule has 0 bridgehead atoms. The van der Waals surface area contributed by atoms with Crippen molar-refractivity contribution in [1.82, 2.24) is 10.2 Å². The first-order valence-corrected chi connectivity index (χ1v) is 11.4. The highest BCUT2D eigenvalue weighted by molar-refractivity contribution is 7.98. The first-order valence-electron chi connectivity index (χ1n) is 9.97. The molecule has 0 aromatic heterocycles. The number of aliphatic carboxylic acids is 1. The molecule has 2 aliphatic heterocycles. The molecule has 2 N–H and O–H groups in total. The van der Waals surface area contributed by atoms with Crippen LogP contribution in [0.1, 0.15) is 35.3 Å². The molecule has 0 radical (unpaired) electrons. The lowest BCUT2D eigenvalue weighted by Crippen LogP contribution is -2.56. The van der Waals surface area contributed by atoms with Crippen LogP contribution in [0.4, 0.5) is 0 Å². The van der Waals surface area contributed by atoms with Crippen molar-refractivity contribution in [2.45, 2.75) is 24.9 Å². The highest BCUT2D eigenvalue weighted by Crippen LogP contribution is 2.50. The van der Waals surface area contributed by atoms with Gasteiger partial charge in [-0.05, 0) is 43.0 Å². The number of likely N-dealkylation sites (tertiary alicyclic amines) is 1. The second kappa shape index (κ2) is 9.23. The normalized spacial score (nSPS) is 27.7. The zero-order valence-electron chi connectivity index (χ0n) is 17.7. The summed E-state index contributed by atoms with van der Waals surface area (Å²) in [7, 11) is 1.29. The van der Waals surface area contributed by atoms with Gasteiger partial charge in [0.1, 0.15) is 5.54 Å². The molecule has 166 valence electrons. The molecule has 0 aliphatic carbocycles. The summed E-state index contributed by atoms with van der Waals surface area (Å²) in [5.74, 6) is -3.78. The number of carboxylic acid groups (broad SMARTS) is 1. The Morgan fingerprint density at radius 3 is 2.48 bits per heavy atom. The molecule has 4 atom stereocenters. The number of allylic oxidation sites excluding steroid dienone is 1. The molecule has 3 rings (SSSR count). The fourth-order valence-corrected chi connectivity index (χ4v) is 5.01. The second-order valence-electron chi connectivity index (χ2n) is 7.61. The quantitative estimate of drug-likeness (QED) is 0.354. The molecule has 0 spiro atoms. The maximum Gasteiger partial charge on any atom is 0.337 e. The molecule has 4 unspecified atom stereocenters. The number of hydrogen-bond donors (Lipinski definition) is 2. The molecule has 2 heterocycles. The number of nitrogens with zero attached hydrogens (tertiary/aromatic N) is 1. The highest BCUT2D eigenvalue weighted by atomic mass is 32.2. The lowest BCUT2D eigenvalue weighted by molar-refractivity contribution is -0.151. The number of imide groups is 1. The van der Waals surface area contributed by atoms with Gasteiger partial charge in [-0.15, -0.1) is 0 Å². The lowest BCUT2D eigenvalue weighted by Gasteiger charge is -2.31. The van der Waals surface area contributed by atoms with Crippen molar-refractivity contribution in [3.05, 3.63) is 47.5 Å². The van der Waals surface area contributed by atoms with E-state index in [0.717, 1.165) is 4.90 Å². The summed E-state index contributed by atoms with van der Waals surface area (Å²) in [6, 6.07) is 5.81. The summed E-state index contributed by atoms with van der Waals surface area (Å²) < 4.78 is 4.72. The molecule has 0 saturated carbocycles. The summed E-state index contributed by atoms with van der Waals surface area (Å²) in [5, 5.41) is 13.3. The molecule has 2 saturated heterocycles. The van der Waals surface area contributed by atoms with Crippen LogP contribution >= 0.6 is 11.8 Å². The number of carboxylic acids is 1. The fourth-order valence-electron chi connectivity index (χ4n) is 4.48. The summed E-state index contributed by atoms with van der Waals surface area (Å²) in [6.07, 6.45) is 5.52. The minimum Gasteiger partial charge on any atom is -0.480 e. The molecule has 2 amide bonds. The monoisotopic (exact) mass is 446 g/mol. The van der Waals surface area contributed by atoms with Crippen molar-refractivity contribution in [2.75, 3.05) is 25.7 Å². The number of thioether (sulfide) groups is 1. The van der Waals surface area contributed by atoms with Crippen molar-refractivity contribution in [1.29, 1.82) is 0 Å². The van der Waals surface area contributed by atoms with E-state index in [-0.39, 0.29) is 18.9 Å². The van der Waals surface area contributed by atoms with Crippen molar-refractivity contribution < 1.29 is 29.0 Å². The maximum atomic E-state index is 13.3. The van der Waals surface area contributed by atoms with Gasteiger partial charge < -0.3 is 9.84 Å². The smallest absolute Gasteiger partial charge is 0.337 e. The Hall–Kier alpha value is -2.65. The zero-order chi connectivity index (χ0) is 22.8.